The van der Waals surface area contributed by atoms with Gasteiger partial charge in [-0.2, -0.15) is 0 Å². The van der Waals surface area contributed by atoms with Gasteiger partial charge in [0.1, 0.15) is 0 Å². The predicted molar refractivity (Wildman–Crippen MR) is 57.5 cm³/mol. The first kappa shape index (κ1) is 9.36. The van der Waals surface area contributed by atoms with E-state index in [0.717, 1.165) is 34.8 Å². The molecule has 0 amide bonds. The number of thioether (sulfide) groups is 1. The van der Waals surface area contributed by atoms with E-state index in [9.17, 15) is 5.11 Å². The number of aliphatic hydroxyl groups is 1. The van der Waals surface area contributed by atoms with Crippen LogP contribution in [0.5, 0.6) is 11.5 Å². The summed E-state index contributed by atoms with van der Waals surface area (Å²) in [6.45, 7) is 0.283. The molecule has 1 aromatic rings. The van der Waals surface area contributed by atoms with Crippen LogP contribution in [-0.2, 0) is 5.60 Å². The van der Waals surface area contributed by atoms with E-state index < -0.39 is 5.60 Å². The van der Waals surface area contributed by atoms with E-state index >= 15 is 0 Å². The first-order chi connectivity index (χ1) is 7.24. The highest BCUT2D eigenvalue weighted by atomic mass is 32.2. The maximum Gasteiger partial charge on any atom is 0.231 e. The molecule has 1 aliphatic carbocycles. The van der Waals surface area contributed by atoms with E-state index in [-0.39, 0.29) is 6.79 Å². The van der Waals surface area contributed by atoms with E-state index in [1.165, 1.54) is 0 Å². The fourth-order valence-electron chi connectivity index (χ4n) is 1.90. The number of hydrogen-bond donors (Lipinski definition) is 1. The maximum atomic E-state index is 10.1. The maximum absolute atomic E-state index is 10.1. The molecule has 1 aliphatic heterocycles. The van der Waals surface area contributed by atoms with Gasteiger partial charge in [0, 0.05) is 5.56 Å². The van der Waals surface area contributed by atoms with Crippen molar-refractivity contribution in [1.29, 1.82) is 0 Å². The number of ether oxygens (including phenoxy) is 2. The molecule has 15 heavy (non-hydrogen) atoms. The molecule has 1 aromatic carbocycles. The van der Waals surface area contributed by atoms with Crippen LogP contribution in [0.25, 0.3) is 0 Å². The van der Waals surface area contributed by atoms with Gasteiger partial charge in [0.2, 0.25) is 6.79 Å². The summed E-state index contributed by atoms with van der Waals surface area (Å²) in [7, 11) is 0. The SMILES string of the molecule is CSc1c(C2(O)CC2)ccc2c1OCO2. The van der Waals surface area contributed by atoms with Crippen LogP contribution in [0.2, 0.25) is 0 Å². The summed E-state index contributed by atoms with van der Waals surface area (Å²) in [5, 5.41) is 10.1. The minimum Gasteiger partial charge on any atom is -0.454 e. The second kappa shape index (κ2) is 3.06. The lowest BCUT2D eigenvalue weighted by Gasteiger charge is -2.14. The van der Waals surface area contributed by atoms with Gasteiger partial charge >= 0.3 is 0 Å². The Balaban J connectivity index is 2.15. The van der Waals surface area contributed by atoms with Crippen molar-refractivity contribution in [2.45, 2.75) is 23.3 Å². The zero-order valence-electron chi connectivity index (χ0n) is 8.45. The summed E-state index contributed by atoms with van der Waals surface area (Å²) in [5.74, 6) is 1.58. The molecule has 80 valence electrons. The van der Waals surface area contributed by atoms with Crippen molar-refractivity contribution in [1.82, 2.24) is 0 Å². The van der Waals surface area contributed by atoms with Crippen molar-refractivity contribution in [3.63, 3.8) is 0 Å². The van der Waals surface area contributed by atoms with E-state index in [2.05, 4.69) is 0 Å². The van der Waals surface area contributed by atoms with Crippen LogP contribution in [0.1, 0.15) is 18.4 Å². The number of hydrogen-bond acceptors (Lipinski definition) is 4. The summed E-state index contributed by atoms with van der Waals surface area (Å²) in [4.78, 5) is 1.02. The summed E-state index contributed by atoms with van der Waals surface area (Å²) in [6, 6.07) is 3.83. The van der Waals surface area contributed by atoms with E-state index in [4.69, 9.17) is 9.47 Å². The smallest absolute Gasteiger partial charge is 0.231 e. The minimum absolute atomic E-state index is 0.283. The minimum atomic E-state index is -0.612. The van der Waals surface area contributed by atoms with Gasteiger partial charge in [-0.15, -0.1) is 11.8 Å². The van der Waals surface area contributed by atoms with E-state index in [1.54, 1.807) is 11.8 Å². The van der Waals surface area contributed by atoms with Crippen LogP contribution in [0.15, 0.2) is 17.0 Å². The summed E-state index contributed by atoms with van der Waals surface area (Å²) in [6.07, 6.45) is 3.69. The van der Waals surface area contributed by atoms with Gasteiger partial charge in [-0.1, -0.05) is 6.07 Å². The largest absolute Gasteiger partial charge is 0.454 e. The van der Waals surface area contributed by atoms with Crippen molar-refractivity contribution in [3.05, 3.63) is 17.7 Å². The van der Waals surface area contributed by atoms with Crippen LogP contribution in [-0.4, -0.2) is 18.2 Å². The summed E-state index contributed by atoms with van der Waals surface area (Å²) >= 11 is 1.60. The topological polar surface area (TPSA) is 38.7 Å². The molecule has 0 saturated heterocycles. The Hall–Kier alpha value is -0.870. The monoisotopic (exact) mass is 224 g/mol. The molecule has 3 rings (SSSR count). The highest BCUT2D eigenvalue weighted by molar-refractivity contribution is 7.98. The molecule has 1 saturated carbocycles. The zero-order valence-corrected chi connectivity index (χ0v) is 9.26. The van der Waals surface area contributed by atoms with Gasteiger partial charge < -0.3 is 14.6 Å². The molecule has 3 nitrogen and oxygen atoms in total. The van der Waals surface area contributed by atoms with E-state index in [0.29, 0.717) is 0 Å². The quantitative estimate of drug-likeness (QED) is 0.781. The second-order valence-corrected chi connectivity index (χ2v) is 4.73. The molecule has 2 aliphatic rings. The fraction of sp³-hybridized carbons (Fsp3) is 0.455. The first-order valence-corrected chi connectivity index (χ1v) is 6.16. The van der Waals surface area contributed by atoms with Gasteiger partial charge in [0.15, 0.2) is 11.5 Å². The average Bonchev–Trinajstić information content (AvgIpc) is 2.82. The molecule has 0 radical (unpaired) electrons. The zero-order chi connectivity index (χ0) is 10.5. The molecular weight excluding hydrogens is 212 g/mol. The molecule has 0 spiro atoms. The molecule has 0 atom stereocenters. The van der Waals surface area contributed by atoms with Crippen molar-refractivity contribution >= 4 is 11.8 Å². The van der Waals surface area contributed by atoms with Crippen LogP contribution >= 0.6 is 11.8 Å². The van der Waals surface area contributed by atoms with Crippen LogP contribution in [0.3, 0.4) is 0 Å². The molecular formula is C11H12O3S. The Morgan fingerprint density at radius 2 is 2.13 bits per heavy atom. The lowest BCUT2D eigenvalue weighted by atomic mass is 10.1. The Kier molecular flexibility index (Phi) is 1.91. The highest BCUT2D eigenvalue weighted by Gasteiger charge is 2.44. The van der Waals surface area contributed by atoms with Gasteiger partial charge in [-0.3, -0.25) is 0 Å². The summed E-state index contributed by atoms with van der Waals surface area (Å²) in [5.41, 5.74) is 0.374. The second-order valence-electron chi connectivity index (χ2n) is 3.91. The fourth-order valence-corrected chi connectivity index (χ4v) is 2.73. The lowest BCUT2D eigenvalue weighted by molar-refractivity contribution is 0.146. The van der Waals surface area contributed by atoms with Crippen molar-refractivity contribution in [3.8, 4) is 11.5 Å². The Morgan fingerprint density at radius 3 is 2.80 bits per heavy atom. The Morgan fingerprint density at radius 1 is 1.33 bits per heavy atom. The molecule has 0 aromatic heterocycles. The Labute approximate surface area is 92.4 Å². The van der Waals surface area contributed by atoms with Crippen molar-refractivity contribution in [2.75, 3.05) is 13.0 Å². The van der Waals surface area contributed by atoms with Crippen molar-refractivity contribution < 1.29 is 14.6 Å². The third-order valence-electron chi connectivity index (χ3n) is 2.92. The Bertz CT molecular complexity index is 413. The molecule has 0 bridgehead atoms. The third kappa shape index (κ3) is 1.32. The average molecular weight is 224 g/mol. The highest BCUT2D eigenvalue weighted by Crippen LogP contribution is 2.53. The molecule has 1 N–H and O–H groups in total. The van der Waals surface area contributed by atoms with Gasteiger partial charge in [-0.25, -0.2) is 0 Å². The van der Waals surface area contributed by atoms with Crippen molar-refractivity contribution in [2.24, 2.45) is 0 Å². The van der Waals surface area contributed by atoms with E-state index in [1.807, 2.05) is 18.4 Å². The van der Waals surface area contributed by atoms with Crippen LogP contribution in [0.4, 0.5) is 0 Å². The first-order valence-electron chi connectivity index (χ1n) is 4.94. The molecule has 1 heterocycles. The molecule has 0 unspecified atom stereocenters. The third-order valence-corrected chi connectivity index (χ3v) is 3.74. The van der Waals surface area contributed by atoms with Gasteiger partial charge in [0.25, 0.3) is 0 Å². The standard InChI is InChI=1S/C11H12O3S/c1-15-10-7(11(12)4-5-11)2-3-8-9(10)14-6-13-8/h2-3,12H,4-6H2,1H3. The van der Waals surface area contributed by atoms with Crippen LogP contribution < -0.4 is 9.47 Å². The molecule has 4 heteroatoms. The lowest BCUT2D eigenvalue weighted by Crippen LogP contribution is -2.06. The summed E-state index contributed by atoms with van der Waals surface area (Å²) < 4.78 is 10.7. The molecule has 1 fully saturated rings. The normalized spacial score (nSPS) is 20.4. The van der Waals surface area contributed by atoms with Crippen LogP contribution in [0, 0.1) is 0 Å². The predicted octanol–water partition coefficient (Wildman–Crippen LogP) is 2.12. The number of benzene rings is 1. The van der Waals surface area contributed by atoms with Gasteiger partial charge in [0.05, 0.1) is 10.5 Å². The number of fused-ring (bicyclic) bond motifs is 1. The van der Waals surface area contributed by atoms with Gasteiger partial charge in [-0.05, 0) is 25.2 Å². The number of rotatable bonds is 2.